The lowest BCUT2D eigenvalue weighted by Gasteiger charge is -2.22. The molecule has 0 bridgehead atoms. The second-order valence-corrected chi connectivity index (χ2v) is 4.24. The lowest BCUT2D eigenvalue weighted by molar-refractivity contribution is -0.136. The van der Waals surface area contributed by atoms with Gasteiger partial charge in [0.15, 0.2) is 0 Å². The van der Waals surface area contributed by atoms with Crippen molar-refractivity contribution in [3.05, 3.63) is 53.3 Å². The average Bonchev–Trinajstić information content (AvgIpc) is 2.53. The van der Waals surface area contributed by atoms with Crippen molar-refractivity contribution >= 4 is 12.1 Å². The number of hydrogen-bond acceptors (Lipinski definition) is 4. The molecule has 1 aliphatic heterocycles. The van der Waals surface area contributed by atoms with E-state index in [9.17, 15) is 9.59 Å². The molecule has 0 atom stereocenters. The molecule has 0 saturated heterocycles. The molecule has 0 radical (unpaired) electrons. The molecule has 20 heavy (non-hydrogen) atoms. The molecule has 1 aromatic rings. The van der Waals surface area contributed by atoms with Gasteiger partial charge in [-0.3, -0.25) is 4.90 Å². The van der Waals surface area contributed by atoms with E-state index in [-0.39, 0.29) is 13.2 Å². The zero-order valence-corrected chi connectivity index (χ0v) is 11.2. The third kappa shape index (κ3) is 3.49. The maximum Gasteiger partial charge on any atom is 0.410 e. The molecule has 0 fully saturated rings. The number of methoxy groups -OCH3 is 1. The number of amides is 1. The van der Waals surface area contributed by atoms with Gasteiger partial charge in [0, 0.05) is 6.54 Å². The molecule has 0 saturated carbocycles. The first-order valence-electron chi connectivity index (χ1n) is 6.18. The van der Waals surface area contributed by atoms with Crippen LogP contribution < -0.4 is 0 Å². The minimum absolute atomic E-state index is 0.150. The van der Waals surface area contributed by atoms with Gasteiger partial charge in [-0.25, -0.2) is 9.59 Å². The van der Waals surface area contributed by atoms with E-state index in [2.05, 4.69) is 10.5 Å². The Morgan fingerprint density at radius 2 is 2.05 bits per heavy atom. The maximum atomic E-state index is 11.9. The average molecular weight is 273 g/mol. The number of ether oxygens (including phenoxy) is 2. The molecule has 0 spiro atoms. The van der Waals surface area contributed by atoms with E-state index in [1.54, 1.807) is 6.08 Å². The number of carbonyl (C=O) groups excluding carboxylic acids is 2. The zero-order chi connectivity index (χ0) is 14.4. The van der Waals surface area contributed by atoms with Crippen LogP contribution >= 0.6 is 0 Å². The Labute approximate surface area is 117 Å². The van der Waals surface area contributed by atoms with Crippen molar-refractivity contribution < 1.29 is 19.1 Å². The number of carbonyl (C=O) groups is 2. The number of nitrogens with zero attached hydrogens (tertiary/aromatic N) is 1. The van der Waals surface area contributed by atoms with Crippen LogP contribution in [0.5, 0.6) is 0 Å². The summed E-state index contributed by atoms with van der Waals surface area (Å²) < 4.78 is 9.81. The van der Waals surface area contributed by atoms with Crippen LogP contribution in [0.15, 0.2) is 47.7 Å². The topological polar surface area (TPSA) is 55.8 Å². The lowest BCUT2D eigenvalue weighted by Crippen LogP contribution is -2.36. The Hall–Kier alpha value is -2.52. The Balaban J connectivity index is 1.89. The zero-order valence-electron chi connectivity index (χ0n) is 11.2. The van der Waals surface area contributed by atoms with Crippen molar-refractivity contribution in [2.75, 3.05) is 20.2 Å². The third-order valence-corrected chi connectivity index (χ3v) is 2.83. The fourth-order valence-electron chi connectivity index (χ4n) is 1.78. The minimum atomic E-state index is -0.484. The van der Waals surface area contributed by atoms with Gasteiger partial charge in [-0.2, -0.15) is 0 Å². The monoisotopic (exact) mass is 273 g/mol. The fourth-order valence-corrected chi connectivity index (χ4v) is 1.78. The third-order valence-electron chi connectivity index (χ3n) is 2.83. The van der Waals surface area contributed by atoms with Gasteiger partial charge in [0.05, 0.1) is 19.2 Å². The SMILES string of the molecule is COC(=O)C1=C=CCN(C(=O)OCc2ccccc2)C1. The second-order valence-electron chi connectivity index (χ2n) is 4.24. The van der Waals surface area contributed by atoms with Gasteiger partial charge in [-0.05, 0) is 11.6 Å². The van der Waals surface area contributed by atoms with Crippen LogP contribution in [0.3, 0.4) is 0 Å². The van der Waals surface area contributed by atoms with Gasteiger partial charge in [0.1, 0.15) is 6.61 Å². The highest BCUT2D eigenvalue weighted by Crippen LogP contribution is 2.09. The summed E-state index contributed by atoms with van der Waals surface area (Å²) in [5.74, 6) is -0.484. The van der Waals surface area contributed by atoms with E-state index >= 15 is 0 Å². The number of rotatable bonds is 3. The smallest absolute Gasteiger partial charge is 0.410 e. The molecule has 1 aromatic carbocycles. The predicted molar refractivity (Wildman–Crippen MR) is 71.8 cm³/mol. The van der Waals surface area contributed by atoms with Crippen LogP contribution in [0.25, 0.3) is 0 Å². The normalized spacial score (nSPS) is 13.7. The molecule has 104 valence electrons. The second kappa shape index (κ2) is 6.59. The summed E-state index contributed by atoms with van der Waals surface area (Å²) in [6.07, 6.45) is 1.15. The quantitative estimate of drug-likeness (QED) is 0.623. The van der Waals surface area contributed by atoms with Gasteiger partial charge in [-0.1, -0.05) is 30.3 Å². The van der Waals surface area contributed by atoms with Crippen LogP contribution in [0.2, 0.25) is 0 Å². The first kappa shape index (κ1) is 13.9. The molecule has 0 unspecified atom stereocenters. The fraction of sp³-hybridized carbons (Fsp3) is 0.267. The van der Waals surface area contributed by atoms with Gasteiger partial charge in [0.25, 0.3) is 0 Å². The van der Waals surface area contributed by atoms with Gasteiger partial charge in [0.2, 0.25) is 0 Å². The van der Waals surface area contributed by atoms with Crippen LogP contribution in [-0.2, 0) is 20.9 Å². The first-order valence-corrected chi connectivity index (χ1v) is 6.18. The maximum absolute atomic E-state index is 11.9. The van der Waals surface area contributed by atoms with Crippen molar-refractivity contribution in [1.29, 1.82) is 0 Å². The van der Waals surface area contributed by atoms with E-state index in [0.29, 0.717) is 12.1 Å². The van der Waals surface area contributed by atoms with Crippen LogP contribution in [0.1, 0.15) is 5.56 Å². The summed E-state index contributed by atoms with van der Waals surface area (Å²) in [6.45, 7) is 0.724. The van der Waals surface area contributed by atoms with E-state index in [0.717, 1.165) is 5.56 Å². The molecule has 5 heteroatoms. The summed E-state index contributed by atoms with van der Waals surface area (Å²) in [5, 5.41) is 0. The molecule has 1 amide bonds. The summed E-state index contributed by atoms with van der Waals surface area (Å²) >= 11 is 0. The van der Waals surface area contributed by atoms with Gasteiger partial charge in [-0.15, -0.1) is 5.73 Å². The van der Waals surface area contributed by atoms with Crippen LogP contribution in [-0.4, -0.2) is 37.2 Å². The van der Waals surface area contributed by atoms with E-state index in [4.69, 9.17) is 4.74 Å². The summed E-state index contributed by atoms with van der Waals surface area (Å²) in [5.41, 5.74) is 4.03. The van der Waals surface area contributed by atoms with Crippen LogP contribution in [0.4, 0.5) is 4.79 Å². The van der Waals surface area contributed by atoms with E-state index in [1.165, 1.54) is 12.0 Å². The summed E-state index contributed by atoms with van der Waals surface area (Å²) in [7, 11) is 1.30. The van der Waals surface area contributed by atoms with E-state index < -0.39 is 12.1 Å². The molecular weight excluding hydrogens is 258 g/mol. The van der Waals surface area contributed by atoms with Crippen molar-refractivity contribution in [2.24, 2.45) is 0 Å². The van der Waals surface area contributed by atoms with Gasteiger partial charge < -0.3 is 9.47 Å². The lowest BCUT2D eigenvalue weighted by atomic mass is 10.2. The Morgan fingerprint density at radius 3 is 2.75 bits per heavy atom. The summed E-state index contributed by atoms with van der Waals surface area (Å²) in [4.78, 5) is 24.7. The molecule has 2 rings (SSSR count). The highest BCUT2D eigenvalue weighted by Gasteiger charge is 2.21. The van der Waals surface area contributed by atoms with Crippen molar-refractivity contribution in [2.45, 2.75) is 6.61 Å². The highest BCUT2D eigenvalue weighted by molar-refractivity contribution is 5.89. The van der Waals surface area contributed by atoms with E-state index in [1.807, 2.05) is 30.3 Å². The Morgan fingerprint density at radius 1 is 1.30 bits per heavy atom. The van der Waals surface area contributed by atoms with Crippen molar-refractivity contribution in [3.63, 3.8) is 0 Å². The standard InChI is InChI=1S/C15H15NO4/c1-19-14(17)13-8-5-9-16(10-13)15(18)20-11-12-6-3-2-4-7-12/h2-7H,9-11H2,1H3. The van der Waals surface area contributed by atoms with Crippen molar-refractivity contribution in [1.82, 2.24) is 4.90 Å². The Kier molecular flexibility index (Phi) is 4.58. The summed E-state index contributed by atoms with van der Waals surface area (Å²) in [6, 6.07) is 9.41. The van der Waals surface area contributed by atoms with Gasteiger partial charge >= 0.3 is 12.1 Å². The predicted octanol–water partition coefficient (Wildman–Crippen LogP) is 1.89. The van der Waals surface area contributed by atoms with Crippen LogP contribution in [0, 0.1) is 0 Å². The molecular formula is C15H15NO4. The molecule has 0 aromatic heterocycles. The number of hydrogen-bond donors (Lipinski definition) is 0. The number of benzene rings is 1. The largest absolute Gasteiger partial charge is 0.465 e. The molecule has 1 heterocycles. The Bertz CT molecular complexity index is 558. The highest BCUT2D eigenvalue weighted by atomic mass is 16.6. The molecule has 0 N–H and O–H groups in total. The van der Waals surface area contributed by atoms with Crippen molar-refractivity contribution in [3.8, 4) is 0 Å². The minimum Gasteiger partial charge on any atom is -0.465 e. The first-order chi connectivity index (χ1) is 9.70. The number of esters is 1. The molecule has 1 aliphatic rings. The molecule has 5 nitrogen and oxygen atoms in total. The molecule has 0 aliphatic carbocycles.